The minimum absolute atomic E-state index is 0.0369. The van der Waals surface area contributed by atoms with E-state index in [2.05, 4.69) is 10.6 Å². The average Bonchev–Trinajstić information content (AvgIpc) is 2.99. The van der Waals surface area contributed by atoms with E-state index in [-0.39, 0.29) is 23.8 Å². The van der Waals surface area contributed by atoms with Crippen molar-refractivity contribution in [2.24, 2.45) is 5.92 Å². The molecule has 114 valence electrons. The number of ether oxygens (including phenoxy) is 1. The molecular weight excluding hydrogens is 258 g/mol. The van der Waals surface area contributed by atoms with Crippen molar-refractivity contribution in [1.82, 2.24) is 15.5 Å². The Hall–Kier alpha value is -1.14. The number of likely N-dealkylation sites (tertiary alicyclic amines) is 1. The van der Waals surface area contributed by atoms with Gasteiger partial charge in [0.1, 0.15) is 0 Å². The van der Waals surface area contributed by atoms with Gasteiger partial charge < -0.3 is 20.3 Å². The maximum absolute atomic E-state index is 12.1. The van der Waals surface area contributed by atoms with Crippen LogP contribution in [0.1, 0.15) is 25.7 Å². The summed E-state index contributed by atoms with van der Waals surface area (Å²) in [6.45, 7) is 3.20. The van der Waals surface area contributed by atoms with Crippen LogP contribution in [0.4, 0.5) is 0 Å². The average molecular weight is 283 g/mol. The van der Waals surface area contributed by atoms with Crippen LogP contribution in [0, 0.1) is 5.92 Å². The van der Waals surface area contributed by atoms with Gasteiger partial charge in [0.15, 0.2) is 0 Å². The second-order valence-corrected chi connectivity index (χ2v) is 5.56. The summed E-state index contributed by atoms with van der Waals surface area (Å²) in [7, 11) is 1.65. The van der Waals surface area contributed by atoms with E-state index >= 15 is 0 Å². The Morgan fingerprint density at radius 3 is 2.85 bits per heavy atom. The third-order valence-corrected chi connectivity index (χ3v) is 4.06. The van der Waals surface area contributed by atoms with Gasteiger partial charge in [0.25, 0.3) is 0 Å². The quantitative estimate of drug-likeness (QED) is 0.729. The molecule has 2 aliphatic rings. The predicted octanol–water partition coefficient (Wildman–Crippen LogP) is -0.260. The highest BCUT2D eigenvalue weighted by atomic mass is 16.5. The van der Waals surface area contributed by atoms with E-state index in [4.69, 9.17) is 4.74 Å². The smallest absolute Gasteiger partial charge is 0.236 e. The zero-order valence-electron chi connectivity index (χ0n) is 12.2. The Labute approximate surface area is 120 Å². The van der Waals surface area contributed by atoms with E-state index in [1.54, 1.807) is 11.9 Å². The van der Waals surface area contributed by atoms with Crippen LogP contribution in [-0.4, -0.2) is 62.7 Å². The summed E-state index contributed by atoms with van der Waals surface area (Å²) >= 11 is 0. The molecule has 0 aromatic rings. The number of hydrogen-bond donors (Lipinski definition) is 2. The van der Waals surface area contributed by atoms with Crippen molar-refractivity contribution in [1.29, 1.82) is 0 Å². The first-order valence-electron chi connectivity index (χ1n) is 7.52. The molecule has 20 heavy (non-hydrogen) atoms. The van der Waals surface area contributed by atoms with Gasteiger partial charge in [-0.05, 0) is 25.7 Å². The van der Waals surface area contributed by atoms with Crippen LogP contribution in [0.5, 0.6) is 0 Å². The first-order chi connectivity index (χ1) is 9.70. The molecule has 2 amide bonds. The van der Waals surface area contributed by atoms with E-state index < -0.39 is 0 Å². The van der Waals surface area contributed by atoms with E-state index in [1.807, 2.05) is 0 Å². The zero-order valence-corrected chi connectivity index (χ0v) is 12.2. The number of nitrogens with zero attached hydrogens (tertiary/aromatic N) is 1. The number of carbonyl (C=O) groups excluding carboxylic acids is 2. The largest absolute Gasteiger partial charge is 0.377 e. The molecule has 0 unspecified atom stereocenters. The predicted molar refractivity (Wildman–Crippen MR) is 75.2 cm³/mol. The molecule has 0 bridgehead atoms. The highest BCUT2D eigenvalue weighted by Crippen LogP contribution is 2.16. The van der Waals surface area contributed by atoms with E-state index in [0.29, 0.717) is 13.1 Å². The van der Waals surface area contributed by atoms with Crippen molar-refractivity contribution >= 4 is 11.8 Å². The van der Waals surface area contributed by atoms with Crippen molar-refractivity contribution < 1.29 is 14.3 Å². The molecule has 2 N–H and O–H groups in total. The van der Waals surface area contributed by atoms with Gasteiger partial charge in [-0.2, -0.15) is 0 Å². The number of nitrogens with one attached hydrogen (secondary N) is 2. The summed E-state index contributed by atoms with van der Waals surface area (Å²) in [6.07, 6.45) is 4.20. The summed E-state index contributed by atoms with van der Waals surface area (Å²) in [4.78, 5) is 25.6. The monoisotopic (exact) mass is 283 g/mol. The second kappa shape index (κ2) is 7.59. The fourth-order valence-corrected chi connectivity index (χ4v) is 2.88. The molecule has 0 aromatic heterocycles. The fourth-order valence-electron chi connectivity index (χ4n) is 2.88. The third-order valence-electron chi connectivity index (χ3n) is 4.06. The van der Waals surface area contributed by atoms with Gasteiger partial charge in [-0.3, -0.25) is 9.59 Å². The van der Waals surface area contributed by atoms with Crippen LogP contribution in [0.25, 0.3) is 0 Å². The molecule has 0 aliphatic carbocycles. The Bertz CT molecular complexity index is 343. The summed E-state index contributed by atoms with van der Waals surface area (Å²) in [5.74, 6) is 0.0577. The SMILES string of the molecule is CNC(=O)[C@H]1CCCN(C(=O)CNC[C@H]2CCCO2)C1. The Morgan fingerprint density at radius 1 is 1.30 bits per heavy atom. The number of carbonyl (C=O) groups is 2. The molecule has 0 saturated carbocycles. The van der Waals surface area contributed by atoms with Gasteiger partial charge in [-0.15, -0.1) is 0 Å². The second-order valence-electron chi connectivity index (χ2n) is 5.56. The molecule has 6 nitrogen and oxygen atoms in total. The molecule has 6 heteroatoms. The topological polar surface area (TPSA) is 70.7 Å². The summed E-state index contributed by atoms with van der Waals surface area (Å²) in [5, 5.41) is 5.83. The van der Waals surface area contributed by atoms with E-state index in [0.717, 1.165) is 45.4 Å². The maximum Gasteiger partial charge on any atom is 0.236 e. The lowest BCUT2D eigenvalue weighted by Crippen LogP contribution is -2.47. The molecule has 2 saturated heterocycles. The molecule has 2 heterocycles. The van der Waals surface area contributed by atoms with Gasteiger partial charge in [-0.1, -0.05) is 0 Å². The number of piperidine rings is 1. The first kappa shape index (κ1) is 15.3. The van der Waals surface area contributed by atoms with Gasteiger partial charge in [0, 0.05) is 33.3 Å². The molecule has 2 aliphatic heterocycles. The van der Waals surface area contributed by atoms with Gasteiger partial charge in [0.05, 0.1) is 18.6 Å². The van der Waals surface area contributed by atoms with Crippen molar-refractivity contribution in [3.63, 3.8) is 0 Å². The van der Waals surface area contributed by atoms with Crippen molar-refractivity contribution in [2.75, 3.05) is 39.8 Å². The molecule has 0 radical (unpaired) electrons. The zero-order chi connectivity index (χ0) is 14.4. The molecule has 0 spiro atoms. The maximum atomic E-state index is 12.1. The lowest BCUT2D eigenvalue weighted by molar-refractivity contribution is -0.134. The minimum Gasteiger partial charge on any atom is -0.377 e. The lowest BCUT2D eigenvalue weighted by atomic mass is 9.97. The Morgan fingerprint density at radius 2 is 2.15 bits per heavy atom. The van der Waals surface area contributed by atoms with Crippen LogP contribution in [0.3, 0.4) is 0 Å². The Balaban J connectivity index is 1.69. The van der Waals surface area contributed by atoms with E-state index in [9.17, 15) is 9.59 Å². The highest BCUT2D eigenvalue weighted by molar-refractivity contribution is 5.81. The Kier molecular flexibility index (Phi) is 5.79. The number of amides is 2. The van der Waals surface area contributed by atoms with E-state index in [1.165, 1.54) is 0 Å². The van der Waals surface area contributed by atoms with Crippen LogP contribution >= 0.6 is 0 Å². The van der Waals surface area contributed by atoms with Gasteiger partial charge in [0.2, 0.25) is 11.8 Å². The highest BCUT2D eigenvalue weighted by Gasteiger charge is 2.27. The number of rotatable bonds is 5. The normalized spacial score (nSPS) is 26.6. The van der Waals surface area contributed by atoms with Crippen LogP contribution in [-0.2, 0) is 14.3 Å². The minimum atomic E-state index is -0.0594. The lowest BCUT2D eigenvalue weighted by Gasteiger charge is -2.32. The molecule has 2 fully saturated rings. The third kappa shape index (κ3) is 4.18. The van der Waals surface area contributed by atoms with Crippen LogP contribution in [0.15, 0.2) is 0 Å². The van der Waals surface area contributed by atoms with Crippen LogP contribution < -0.4 is 10.6 Å². The molecule has 2 atom stereocenters. The number of hydrogen-bond acceptors (Lipinski definition) is 4. The summed E-state index contributed by atoms with van der Waals surface area (Å²) in [5.41, 5.74) is 0. The molecular formula is C14H25N3O3. The van der Waals surface area contributed by atoms with Crippen LogP contribution in [0.2, 0.25) is 0 Å². The molecule has 0 aromatic carbocycles. The van der Waals surface area contributed by atoms with Gasteiger partial charge in [-0.25, -0.2) is 0 Å². The standard InChI is InChI=1S/C14H25N3O3/c1-15-14(19)11-4-2-6-17(10-11)13(18)9-16-8-12-5-3-7-20-12/h11-12,16H,2-10H2,1H3,(H,15,19)/t11-,12+/m0/s1. The van der Waals surface area contributed by atoms with Gasteiger partial charge >= 0.3 is 0 Å². The fraction of sp³-hybridized carbons (Fsp3) is 0.857. The van der Waals surface area contributed by atoms with Crippen molar-refractivity contribution in [3.8, 4) is 0 Å². The summed E-state index contributed by atoms with van der Waals surface area (Å²) < 4.78 is 5.50. The van der Waals surface area contributed by atoms with Crippen molar-refractivity contribution in [3.05, 3.63) is 0 Å². The summed E-state index contributed by atoms with van der Waals surface area (Å²) in [6, 6.07) is 0. The van der Waals surface area contributed by atoms with Crippen molar-refractivity contribution in [2.45, 2.75) is 31.8 Å². The first-order valence-corrected chi connectivity index (χ1v) is 7.52. The molecule has 2 rings (SSSR count).